The van der Waals surface area contributed by atoms with Crippen LogP contribution in [0.25, 0.3) is 0 Å². The van der Waals surface area contributed by atoms with E-state index in [9.17, 15) is 0 Å². The summed E-state index contributed by atoms with van der Waals surface area (Å²) in [5, 5.41) is 8.74. The molecule has 0 unspecified atom stereocenters. The molecule has 0 aromatic carbocycles. The maximum atomic E-state index is 8.74. The molecule has 3 heteroatoms. The fourth-order valence-corrected chi connectivity index (χ4v) is 1.63. The molecule has 0 saturated heterocycles. The molecule has 13 heavy (non-hydrogen) atoms. The third-order valence-electron chi connectivity index (χ3n) is 2.28. The van der Waals surface area contributed by atoms with Crippen molar-refractivity contribution in [2.24, 2.45) is 5.92 Å². The predicted octanol–water partition coefficient (Wildman–Crippen LogP) is 3.72. The molecule has 0 aromatic heterocycles. The lowest BCUT2D eigenvalue weighted by atomic mass is 9.97. The highest BCUT2D eigenvalue weighted by atomic mass is 79.9. The van der Waals surface area contributed by atoms with Crippen molar-refractivity contribution in [1.82, 2.24) is 0 Å². The van der Waals surface area contributed by atoms with Gasteiger partial charge in [0.1, 0.15) is 0 Å². The summed E-state index contributed by atoms with van der Waals surface area (Å²) >= 11 is 7.31. The maximum Gasteiger partial charge on any atom is 0.0433 e. The van der Waals surface area contributed by atoms with Gasteiger partial charge in [-0.2, -0.15) is 0 Å². The van der Waals surface area contributed by atoms with Crippen molar-refractivity contribution in [1.29, 1.82) is 0 Å². The SMILES string of the molecule is C[C@@H](CCO)CC[C@@H](Br)C(C)(C)Br. The van der Waals surface area contributed by atoms with Gasteiger partial charge in [0, 0.05) is 15.8 Å². The van der Waals surface area contributed by atoms with Gasteiger partial charge in [-0.3, -0.25) is 0 Å². The second-order valence-corrected chi connectivity index (χ2v) is 7.38. The second-order valence-electron chi connectivity index (χ2n) is 4.23. The number of hydrogen-bond donors (Lipinski definition) is 1. The van der Waals surface area contributed by atoms with E-state index in [1.54, 1.807) is 0 Å². The first-order valence-corrected chi connectivity index (χ1v) is 6.52. The van der Waals surface area contributed by atoms with Gasteiger partial charge in [0.15, 0.2) is 0 Å². The Bertz CT molecular complexity index is 131. The van der Waals surface area contributed by atoms with Crippen molar-refractivity contribution in [3.05, 3.63) is 0 Å². The van der Waals surface area contributed by atoms with Crippen LogP contribution in [0.2, 0.25) is 0 Å². The van der Waals surface area contributed by atoms with E-state index in [2.05, 4.69) is 52.6 Å². The zero-order valence-electron chi connectivity index (χ0n) is 8.69. The van der Waals surface area contributed by atoms with Crippen molar-refractivity contribution in [3.8, 4) is 0 Å². The van der Waals surface area contributed by atoms with Gasteiger partial charge in [0.05, 0.1) is 0 Å². The van der Waals surface area contributed by atoms with Crippen LogP contribution in [0.5, 0.6) is 0 Å². The molecule has 1 nitrogen and oxygen atoms in total. The molecule has 0 aromatic rings. The Morgan fingerprint density at radius 1 is 1.23 bits per heavy atom. The van der Waals surface area contributed by atoms with Crippen LogP contribution in [0, 0.1) is 5.92 Å². The Hall–Kier alpha value is 0.920. The maximum absolute atomic E-state index is 8.74. The van der Waals surface area contributed by atoms with E-state index in [1.807, 2.05) is 0 Å². The Balaban J connectivity index is 3.63. The molecular weight excluding hydrogens is 296 g/mol. The lowest BCUT2D eigenvalue weighted by Gasteiger charge is -2.24. The summed E-state index contributed by atoms with van der Waals surface area (Å²) in [4.78, 5) is 0.501. The zero-order chi connectivity index (χ0) is 10.5. The van der Waals surface area contributed by atoms with Crippen LogP contribution in [0.4, 0.5) is 0 Å². The summed E-state index contributed by atoms with van der Waals surface area (Å²) in [5.41, 5.74) is 0. The quantitative estimate of drug-likeness (QED) is 0.741. The smallest absolute Gasteiger partial charge is 0.0433 e. The number of rotatable bonds is 6. The molecule has 80 valence electrons. The van der Waals surface area contributed by atoms with E-state index in [0.717, 1.165) is 12.8 Å². The summed E-state index contributed by atoms with van der Waals surface area (Å²) in [6.45, 7) is 6.84. The molecule has 0 rings (SSSR count). The summed E-state index contributed by atoms with van der Waals surface area (Å²) < 4.78 is 0.159. The van der Waals surface area contributed by atoms with Gasteiger partial charge >= 0.3 is 0 Å². The third kappa shape index (κ3) is 6.92. The monoisotopic (exact) mass is 314 g/mol. The standard InChI is InChI=1S/C10H20Br2O/c1-8(6-7-13)4-5-9(11)10(2,3)12/h8-9,13H,4-7H2,1-3H3/t8-,9-/m1/s1. The summed E-state index contributed by atoms with van der Waals surface area (Å²) in [5.74, 6) is 0.625. The largest absolute Gasteiger partial charge is 0.396 e. The number of halogens is 2. The first-order valence-electron chi connectivity index (χ1n) is 4.81. The average molecular weight is 316 g/mol. The fourth-order valence-electron chi connectivity index (χ4n) is 1.14. The Morgan fingerprint density at radius 3 is 2.15 bits per heavy atom. The highest BCUT2D eigenvalue weighted by Gasteiger charge is 2.23. The van der Waals surface area contributed by atoms with Gasteiger partial charge in [0.2, 0.25) is 0 Å². The number of hydrogen-bond acceptors (Lipinski definition) is 1. The van der Waals surface area contributed by atoms with E-state index in [-0.39, 0.29) is 4.32 Å². The molecule has 0 aliphatic rings. The Kier molecular flexibility index (Phi) is 6.87. The summed E-state index contributed by atoms with van der Waals surface area (Å²) in [7, 11) is 0. The molecule has 0 radical (unpaired) electrons. The molecule has 0 aliphatic carbocycles. The van der Waals surface area contributed by atoms with E-state index < -0.39 is 0 Å². The molecule has 1 N–H and O–H groups in total. The minimum atomic E-state index is 0.159. The highest BCUT2D eigenvalue weighted by molar-refractivity contribution is 9.12. The third-order valence-corrected chi connectivity index (χ3v) is 5.05. The minimum Gasteiger partial charge on any atom is -0.396 e. The molecule has 2 atom stereocenters. The molecule has 0 saturated carbocycles. The molecule has 0 heterocycles. The van der Waals surface area contributed by atoms with Gasteiger partial charge in [-0.25, -0.2) is 0 Å². The van der Waals surface area contributed by atoms with Crippen LogP contribution in [0.1, 0.15) is 40.0 Å². The molecule has 0 fully saturated rings. The van der Waals surface area contributed by atoms with E-state index >= 15 is 0 Å². The van der Waals surface area contributed by atoms with E-state index in [4.69, 9.17) is 5.11 Å². The first kappa shape index (κ1) is 13.9. The fraction of sp³-hybridized carbons (Fsp3) is 1.00. The molecule has 0 spiro atoms. The minimum absolute atomic E-state index is 0.159. The normalized spacial score (nSPS) is 17.1. The average Bonchev–Trinajstić information content (AvgIpc) is 1.99. The zero-order valence-corrected chi connectivity index (χ0v) is 11.9. The van der Waals surface area contributed by atoms with Crippen LogP contribution in [-0.4, -0.2) is 20.9 Å². The van der Waals surface area contributed by atoms with Gasteiger partial charge in [-0.05, 0) is 39.0 Å². The topological polar surface area (TPSA) is 20.2 Å². The van der Waals surface area contributed by atoms with Gasteiger partial charge in [-0.1, -0.05) is 38.8 Å². The van der Waals surface area contributed by atoms with Gasteiger partial charge < -0.3 is 5.11 Å². The van der Waals surface area contributed by atoms with Crippen molar-refractivity contribution in [3.63, 3.8) is 0 Å². The van der Waals surface area contributed by atoms with Crippen molar-refractivity contribution >= 4 is 31.9 Å². The Morgan fingerprint density at radius 2 is 1.77 bits per heavy atom. The second kappa shape index (κ2) is 6.41. The number of aliphatic hydroxyl groups excluding tert-OH is 1. The number of aliphatic hydroxyl groups is 1. The summed E-state index contributed by atoms with van der Waals surface area (Å²) in [6.07, 6.45) is 3.24. The molecule has 0 aliphatic heterocycles. The van der Waals surface area contributed by atoms with Crippen molar-refractivity contribution in [2.45, 2.75) is 49.2 Å². The molecule has 0 amide bonds. The van der Waals surface area contributed by atoms with Crippen molar-refractivity contribution in [2.75, 3.05) is 6.61 Å². The lowest BCUT2D eigenvalue weighted by molar-refractivity contribution is 0.256. The van der Waals surface area contributed by atoms with Crippen molar-refractivity contribution < 1.29 is 5.11 Å². The van der Waals surface area contributed by atoms with E-state index in [1.165, 1.54) is 6.42 Å². The van der Waals surface area contributed by atoms with Crippen LogP contribution in [0.15, 0.2) is 0 Å². The molecular formula is C10H20Br2O. The predicted molar refractivity (Wildman–Crippen MR) is 65.8 cm³/mol. The van der Waals surface area contributed by atoms with Crippen LogP contribution < -0.4 is 0 Å². The van der Waals surface area contributed by atoms with Gasteiger partial charge in [0.25, 0.3) is 0 Å². The van der Waals surface area contributed by atoms with Crippen LogP contribution in [-0.2, 0) is 0 Å². The summed E-state index contributed by atoms with van der Waals surface area (Å²) in [6, 6.07) is 0. The van der Waals surface area contributed by atoms with E-state index in [0.29, 0.717) is 17.4 Å². The van der Waals surface area contributed by atoms with Crippen LogP contribution in [0.3, 0.4) is 0 Å². The highest BCUT2D eigenvalue weighted by Crippen LogP contribution is 2.31. The Labute approximate surface area is 98.6 Å². The number of alkyl halides is 2. The molecule has 0 bridgehead atoms. The van der Waals surface area contributed by atoms with Crippen LogP contribution >= 0.6 is 31.9 Å². The lowest BCUT2D eigenvalue weighted by Crippen LogP contribution is -2.24. The van der Waals surface area contributed by atoms with Gasteiger partial charge in [-0.15, -0.1) is 0 Å². The first-order chi connectivity index (χ1) is 5.88.